The van der Waals surface area contributed by atoms with Gasteiger partial charge < -0.3 is 15.0 Å². The molecule has 29 heavy (non-hydrogen) atoms. The fourth-order valence-electron chi connectivity index (χ4n) is 2.80. The van der Waals surface area contributed by atoms with Crippen LogP contribution in [0.25, 0.3) is 17.0 Å². The number of carbonyl (C=O) groups excluding carboxylic acids is 2. The molecule has 3 aromatic rings. The Hall–Kier alpha value is -3.13. The summed E-state index contributed by atoms with van der Waals surface area (Å²) < 4.78 is 5.96. The van der Waals surface area contributed by atoms with Gasteiger partial charge in [-0.3, -0.25) is 4.79 Å². The molecule has 2 N–H and O–H groups in total. The molecular weight excluding hydrogens is 394 g/mol. The highest BCUT2D eigenvalue weighted by Crippen LogP contribution is 2.32. The van der Waals surface area contributed by atoms with Gasteiger partial charge in [0, 0.05) is 28.8 Å². The second-order valence-corrected chi connectivity index (χ2v) is 7.98. The molecule has 2 aromatic heterocycles. The first-order valence-corrected chi connectivity index (χ1v) is 9.31. The van der Waals surface area contributed by atoms with E-state index < -0.39 is 11.9 Å². The number of carbonyl (C=O) groups is 2. The molecule has 0 saturated heterocycles. The zero-order valence-electron chi connectivity index (χ0n) is 16.8. The van der Waals surface area contributed by atoms with Gasteiger partial charge in [0.05, 0.1) is 12.8 Å². The fraction of sp³-hybridized carbons (Fsp3) is 0.300. The van der Waals surface area contributed by atoms with Crippen molar-refractivity contribution in [2.45, 2.75) is 33.1 Å². The third kappa shape index (κ3) is 4.32. The molecule has 0 saturated carbocycles. The quantitative estimate of drug-likeness (QED) is 0.500. The van der Waals surface area contributed by atoms with Gasteiger partial charge in [-0.05, 0) is 30.7 Å². The average Bonchev–Trinajstić information content (AvgIpc) is 3.19. The molecule has 152 valence electrons. The van der Waals surface area contributed by atoms with Crippen molar-refractivity contribution in [3.05, 3.63) is 46.6 Å². The van der Waals surface area contributed by atoms with E-state index in [1.807, 2.05) is 39.8 Å². The Balaban J connectivity index is 1.84. The average molecular weight is 416 g/mol. The van der Waals surface area contributed by atoms with Crippen LogP contribution >= 0.6 is 11.6 Å². The number of aromatic amines is 1. The number of nitrogens with zero attached hydrogens (tertiary/aromatic N) is 3. The minimum absolute atomic E-state index is 0.191. The maximum Gasteiger partial charge on any atom is 0.330 e. The zero-order chi connectivity index (χ0) is 21.3. The molecule has 0 aliphatic carbocycles. The molecule has 0 atom stereocenters. The molecular formula is C20H22ClN5O3. The molecule has 3 rings (SSSR count). The number of ether oxygens (including phenoxy) is 1. The minimum Gasteiger partial charge on any atom is -0.466 e. The number of nitrogens with one attached hydrogen (secondary N) is 2. The topological polar surface area (TPSA) is 101 Å². The lowest BCUT2D eigenvalue weighted by Gasteiger charge is -2.14. The highest BCUT2D eigenvalue weighted by molar-refractivity contribution is 6.34. The van der Waals surface area contributed by atoms with Crippen molar-refractivity contribution in [1.29, 1.82) is 0 Å². The maximum absolute atomic E-state index is 11.9. The number of hydrogen-bond donors (Lipinski definition) is 2. The Labute approximate surface area is 172 Å². The van der Waals surface area contributed by atoms with E-state index in [0.29, 0.717) is 22.2 Å². The van der Waals surface area contributed by atoms with Crippen molar-refractivity contribution >= 4 is 34.8 Å². The van der Waals surface area contributed by atoms with Crippen LogP contribution in [0.1, 0.15) is 32.0 Å². The van der Waals surface area contributed by atoms with Gasteiger partial charge >= 0.3 is 5.97 Å². The first kappa shape index (κ1) is 20.6. The standard InChI is InChI=1S/C20H22ClN5O3/c1-11-10-12(22-14(27)8-9-15(28)29-5)6-7-13(11)18-23-19-16(21)17(20(2,3)4)24-26(19)25-18/h6-10H,1-5H3,(H,22,27)(H,23,25). The normalized spacial score (nSPS) is 11.9. The summed E-state index contributed by atoms with van der Waals surface area (Å²) >= 11 is 6.49. The largest absolute Gasteiger partial charge is 0.466 e. The van der Waals surface area contributed by atoms with Crippen molar-refractivity contribution in [2.75, 3.05) is 12.4 Å². The number of aromatic nitrogens is 4. The van der Waals surface area contributed by atoms with Crippen molar-refractivity contribution in [3.8, 4) is 11.4 Å². The van der Waals surface area contributed by atoms with Gasteiger partial charge in [-0.1, -0.05) is 32.4 Å². The van der Waals surface area contributed by atoms with Crippen molar-refractivity contribution in [3.63, 3.8) is 0 Å². The lowest BCUT2D eigenvalue weighted by Crippen LogP contribution is -2.13. The van der Waals surface area contributed by atoms with E-state index >= 15 is 0 Å². The fourth-order valence-corrected chi connectivity index (χ4v) is 3.25. The lowest BCUT2D eigenvalue weighted by atomic mass is 9.92. The van der Waals surface area contributed by atoms with E-state index in [4.69, 9.17) is 11.6 Å². The third-order valence-electron chi connectivity index (χ3n) is 4.27. The van der Waals surface area contributed by atoms with Crippen LogP contribution in [0.15, 0.2) is 30.4 Å². The summed E-state index contributed by atoms with van der Waals surface area (Å²) in [7, 11) is 1.25. The van der Waals surface area contributed by atoms with Gasteiger partial charge in [-0.25, -0.2) is 4.79 Å². The predicted octanol–water partition coefficient (Wildman–Crippen LogP) is 3.65. The maximum atomic E-state index is 11.9. The summed E-state index contributed by atoms with van der Waals surface area (Å²) in [5, 5.41) is 12.2. The summed E-state index contributed by atoms with van der Waals surface area (Å²) in [6, 6.07) is 5.40. The SMILES string of the molecule is COC(=O)C=CC(=O)Nc1ccc(-c2nn3nc(C(C)(C)C)c(Cl)c3[nH]2)c(C)c1. The summed E-state index contributed by atoms with van der Waals surface area (Å²) in [5.41, 5.74) is 3.56. The van der Waals surface area contributed by atoms with Crippen LogP contribution in [0.5, 0.6) is 0 Å². The summed E-state index contributed by atoms with van der Waals surface area (Å²) in [4.78, 5) is 26.2. The molecule has 0 unspecified atom stereocenters. The number of H-pyrrole nitrogens is 1. The molecule has 0 aliphatic heterocycles. The van der Waals surface area contributed by atoms with Crippen LogP contribution in [-0.4, -0.2) is 38.8 Å². The summed E-state index contributed by atoms with van der Waals surface area (Å²) in [6.07, 6.45) is 2.18. The van der Waals surface area contributed by atoms with Gasteiger partial charge in [0.1, 0.15) is 5.02 Å². The van der Waals surface area contributed by atoms with Crippen molar-refractivity contribution < 1.29 is 14.3 Å². The highest BCUT2D eigenvalue weighted by Gasteiger charge is 2.25. The number of hydrogen-bond acceptors (Lipinski definition) is 5. The number of fused-ring (bicyclic) bond motifs is 1. The van der Waals surface area contributed by atoms with Gasteiger partial charge in [0.15, 0.2) is 11.5 Å². The van der Waals surface area contributed by atoms with Gasteiger partial charge in [-0.2, -0.15) is 5.10 Å². The smallest absolute Gasteiger partial charge is 0.330 e. The van der Waals surface area contributed by atoms with E-state index in [0.717, 1.165) is 29.0 Å². The Morgan fingerprint density at radius 2 is 1.97 bits per heavy atom. The Morgan fingerprint density at radius 1 is 1.24 bits per heavy atom. The Morgan fingerprint density at radius 3 is 2.55 bits per heavy atom. The second-order valence-electron chi connectivity index (χ2n) is 7.60. The van der Waals surface area contributed by atoms with E-state index in [2.05, 4.69) is 25.2 Å². The van der Waals surface area contributed by atoms with Crippen LogP contribution in [0.4, 0.5) is 5.69 Å². The molecule has 2 heterocycles. The number of aryl methyl sites for hydroxylation is 1. The Bertz CT molecular complexity index is 1120. The van der Waals surface area contributed by atoms with E-state index in [-0.39, 0.29) is 5.41 Å². The highest BCUT2D eigenvalue weighted by atomic mass is 35.5. The zero-order valence-corrected chi connectivity index (χ0v) is 17.6. The van der Waals surface area contributed by atoms with Crippen LogP contribution in [-0.2, 0) is 19.7 Å². The minimum atomic E-state index is -0.595. The number of benzene rings is 1. The van der Waals surface area contributed by atoms with Crippen LogP contribution in [0.3, 0.4) is 0 Å². The van der Waals surface area contributed by atoms with Crippen LogP contribution < -0.4 is 5.32 Å². The van der Waals surface area contributed by atoms with Gasteiger partial charge in [-0.15, -0.1) is 9.73 Å². The number of rotatable bonds is 4. The van der Waals surface area contributed by atoms with E-state index in [1.165, 1.54) is 11.7 Å². The van der Waals surface area contributed by atoms with Crippen LogP contribution in [0, 0.1) is 6.92 Å². The molecule has 0 aliphatic rings. The molecule has 1 amide bonds. The molecule has 0 radical (unpaired) electrons. The molecule has 1 aromatic carbocycles. The third-order valence-corrected chi connectivity index (χ3v) is 4.63. The monoisotopic (exact) mass is 415 g/mol. The number of amides is 1. The van der Waals surface area contributed by atoms with Gasteiger partial charge in [0.2, 0.25) is 5.91 Å². The van der Waals surface area contributed by atoms with Crippen molar-refractivity contribution in [1.82, 2.24) is 19.8 Å². The summed E-state index contributed by atoms with van der Waals surface area (Å²) in [5.74, 6) is -0.404. The van der Waals surface area contributed by atoms with Gasteiger partial charge in [0.25, 0.3) is 0 Å². The first-order valence-electron chi connectivity index (χ1n) is 8.93. The van der Waals surface area contributed by atoms with Crippen LogP contribution in [0.2, 0.25) is 5.02 Å². The number of halogens is 1. The number of anilines is 1. The van der Waals surface area contributed by atoms with E-state index in [1.54, 1.807) is 6.07 Å². The van der Waals surface area contributed by atoms with Crippen molar-refractivity contribution in [2.24, 2.45) is 0 Å². The lowest BCUT2D eigenvalue weighted by molar-refractivity contribution is -0.135. The molecule has 0 fully saturated rings. The summed E-state index contributed by atoms with van der Waals surface area (Å²) in [6.45, 7) is 8.03. The molecule has 0 spiro atoms. The molecule has 9 heteroatoms. The number of methoxy groups -OCH3 is 1. The first-order chi connectivity index (χ1) is 13.6. The Kier molecular flexibility index (Phi) is 5.48. The predicted molar refractivity (Wildman–Crippen MR) is 111 cm³/mol. The number of esters is 1. The molecule has 0 bridgehead atoms. The second kappa shape index (κ2) is 7.71. The van der Waals surface area contributed by atoms with E-state index in [9.17, 15) is 9.59 Å². The molecule has 8 nitrogen and oxygen atoms in total.